The number of benzene rings is 1. The molecule has 0 aromatic heterocycles. The Balaban J connectivity index is 2.70. The van der Waals surface area contributed by atoms with Crippen molar-refractivity contribution in [3.8, 4) is 0 Å². The van der Waals surface area contributed by atoms with Crippen molar-refractivity contribution in [1.29, 1.82) is 0 Å². The predicted molar refractivity (Wildman–Crippen MR) is 66.0 cm³/mol. The van der Waals surface area contributed by atoms with Crippen LogP contribution in [0.3, 0.4) is 0 Å². The number of nitrogens with zero attached hydrogens (tertiary/aromatic N) is 1. The van der Waals surface area contributed by atoms with E-state index < -0.39 is 12.0 Å². The van der Waals surface area contributed by atoms with Gasteiger partial charge >= 0.3 is 5.97 Å². The first-order chi connectivity index (χ1) is 8.04. The summed E-state index contributed by atoms with van der Waals surface area (Å²) < 4.78 is 0. The minimum absolute atomic E-state index is 0.0776. The molecule has 17 heavy (non-hydrogen) atoms. The summed E-state index contributed by atoms with van der Waals surface area (Å²) in [5.74, 6) is -0.904. The standard InChI is InChI=1S/C12H18N2O3/c1-14(6-7-15)10-4-2-9(3-5-10)11(13)8-12(16)17/h2-5,11,15H,6-8,13H2,1H3,(H,16,17). The van der Waals surface area contributed by atoms with Gasteiger partial charge in [0.1, 0.15) is 0 Å². The summed E-state index contributed by atoms with van der Waals surface area (Å²) in [7, 11) is 1.88. The first kappa shape index (κ1) is 13.5. The molecular formula is C12H18N2O3. The van der Waals surface area contributed by atoms with Crippen LogP contribution in [0.25, 0.3) is 0 Å². The van der Waals surface area contributed by atoms with Gasteiger partial charge in [-0.05, 0) is 17.7 Å². The van der Waals surface area contributed by atoms with Crippen LogP contribution in [-0.4, -0.2) is 36.4 Å². The van der Waals surface area contributed by atoms with Crippen LogP contribution in [0.15, 0.2) is 24.3 Å². The highest BCUT2D eigenvalue weighted by Crippen LogP contribution is 2.18. The maximum Gasteiger partial charge on any atom is 0.305 e. The molecule has 0 heterocycles. The van der Waals surface area contributed by atoms with Gasteiger partial charge in [0.15, 0.2) is 0 Å². The van der Waals surface area contributed by atoms with Gasteiger partial charge in [0.25, 0.3) is 0 Å². The highest BCUT2D eigenvalue weighted by atomic mass is 16.4. The van der Waals surface area contributed by atoms with Crippen LogP contribution in [0.1, 0.15) is 18.0 Å². The lowest BCUT2D eigenvalue weighted by Gasteiger charge is -2.19. The Morgan fingerprint density at radius 1 is 1.41 bits per heavy atom. The molecule has 0 fully saturated rings. The molecule has 1 atom stereocenters. The molecule has 0 aliphatic rings. The number of anilines is 1. The van der Waals surface area contributed by atoms with E-state index in [1.54, 1.807) is 0 Å². The molecule has 4 N–H and O–H groups in total. The average Bonchev–Trinajstić information content (AvgIpc) is 2.28. The fourth-order valence-corrected chi connectivity index (χ4v) is 1.56. The molecule has 0 saturated carbocycles. The zero-order valence-corrected chi connectivity index (χ0v) is 9.84. The molecule has 1 rings (SSSR count). The molecule has 5 nitrogen and oxygen atoms in total. The highest BCUT2D eigenvalue weighted by Gasteiger charge is 2.10. The number of carboxylic acids is 1. The van der Waals surface area contributed by atoms with Crippen LogP contribution in [0, 0.1) is 0 Å². The number of hydrogen-bond acceptors (Lipinski definition) is 4. The molecule has 1 aromatic carbocycles. The molecule has 94 valence electrons. The molecule has 1 unspecified atom stereocenters. The van der Waals surface area contributed by atoms with Gasteiger partial charge in [0, 0.05) is 25.3 Å². The summed E-state index contributed by atoms with van der Waals surface area (Å²) in [5.41, 5.74) is 7.51. The molecule has 0 amide bonds. The van der Waals surface area contributed by atoms with Gasteiger partial charge in [-0.15, -0.1) is 0 Å². The van der Waals surface area contributed by atoms with E-state index in [9.17, 15) is 4.79 Å². The van der Waals surface area contributed by atoms with Crippen molar-refractivity contribution < 1.29 is 15.0 Å². The van der Waals surface area contributed by atoms with E-state index in [-0.39, 0.29) is 13.0 Å². The lowest BCUT2D eigenvalue weighted by molar-refractivity contribution is -0.137. The SMILES string of the molecule is CN(CCO)c1ccc(C(N)CC(=O)O)cc1. The number of hydrogen-bond donors (Lipinski definition) is 3. The molecule has 5 heteroatoms. The average molecular weight is 238 g/mol. The number of likely N-dealkylation sites (N-methyl/N-ethyl adjacent to an activating group) is 1. The summed E-state index contributed by atoms with van der Waals surface area (Å²) in [6.07, 6.45) is -0.0776. The largest absolute Gasteiger partial charge is 0.481 e. The molecule has 0 saturated heterocycles. The van der Waals surface area contributed by atoms with Crippen molar-refractivity contribution in [3.63, 3.8) is 0 Å². The second-order valence-corrected chi connectivity index (χ2v) is 3.94. The van der Waals surface area contributed by atoms with Crippen LogP contribution in [0.4, 0.5) is 5.69 Å². The van der Waals surface area contributed by atoms with Gasteiger partial charge in [-0.2, -0.15) is 0 Å². The first-order valence-electron chi connectivity index (χ1n) is 5.44. The maximum atomic E-state index is 10.5. The van der Waals surface area contributed by atoms with E-state index in [1.165, 1.54) is 0 Å². The quantitative estimate of drug-likeness (QED) is 0.675. The third-order valence-electron chi connectivity index (χ3n) is 2.59. The Labute approximate surface area is 100 Å². The Morgan fingerprint density at radius 3 is 2.47 bits per heavy atom. The van der Waals surface area contributed by atoms with Crippen molar-refractivity contribution in [2.45, 2.75) is 12.5 Å². The van der Waals surface area contributed by atoms with Crippen LogP contribution >= 0.6 is 0 Å². The second kappa shape index (κ2) is 6.22. The van der Waals surface area contributed by atoms with Crippen molar-refractivity contribution in [2.75, 3.05) is 25.1 Å². The molecule has 0 bridgehead atoms. The Hall–Kier alpha value is -1.59. The molecule has 0 aliphatic carbocycles. The van der Waals surface area contributed by atoms with Crippen molar-refractivity contribution in [1.82, 2.24) is 0 Å². The number of rotatable bonds is 6. The van der Waals surface area contributed by atoms with Crippen LogP contribution in [0.5, 0.6) is 0 Å². The lowest BCUT2D eigenvalue weighted by atomic mass is 10.0. The summed E-state index contributed by atoms with van der Waals surface area (Å²) >= 11 is 0. The first-order valence-corrected chi connectivity index (χ1v) is 5.44. The fourth-order valence-electron chi connectivity index (χ4n) is 1.56. The van der Waals surface area contributed by atoms with Gasteiger partial charge in [-0.25, -0.2) is 0 Å². The number of carbonyl (C=O) groups is 1. The van der Waals surface area contributed by atoms with E-state index >= 15 is 0 Å². The van der Waals surface area contributed by atoms with Gasteiger partial charge < -0.3 is 20.8 Å². The van der Waals surface area contributed by atoms with Gasteiger partial charge in [-0.3, -0.25) is 4.79 Å². The zero-order chi connectivity index (χ0) is 12.8. The number of aliphatic carboxylic acids is 1. The van der Waals surface area contributed by atoms with Gasteiger partial charge in [0.05, 0.1) is 13.0 Å². The lowest BCUT2D eigenvalue weighted by Crippen LogP contribution is -2.21. The topological polar surface area (TPSA) is 86.8 Å². The number of aliphatic hydroxyl groups is 1. The third-order valence-corrected chi connectivity index (χ3v) is 2.59. The molecule has 0 aliphatic heterocycles. The summed E-state index contributed by atoms with van der Waals surface area (Å²) in [6.45, 7) is 0.650. The van der Waals surface area contributed by atoms with Crippen LogP contribution in [0.2, 0.25) is 0 Å². The fraction of sp³-hybridized carbons (Fsp3) is 0.417. The Morgan fingerprint density at radius 2 is 2.00 bits per heavy atom. The number of carboxylic acid groups (broad SMARTS) is 1. The molecule has 1 aromatic rings. The van der Waals surface area contributed by atoms with Gasteiger partial charge in [0.2, 0.25) is 0 Å². The van der Waals surface area contributed by atoms with E-state index in [0.29, 0.717) is 6.54 Å². The van der Waals surface area contributed by atoms with Crippen molar-refractivity contribution in [2.24, 2.45) is 5.73 Å². The molecule has 0 spiro atoms. The summed E-state index contributed by atoms with van der Waals surface area (Å²) in [5, 5.41) is 17.5. The highest BCUT2D eigenvalue weighted by molar-refractivity contribution is 5.68. The monoisotopic (exact) mass is 238 g/mol. The van der Waals surface area contributed by atoms with Crippen molar-refractivity contribution in [3.05, 3.63) is 29.8 Å². The maximum absolute atomic E-state index is 10.5. The normalized spacial score (nSPS) is 12.2. The third kappa shape index (κ3) is 4.05. The summed E-state index contributed by atoms with van der Waals surface area (Å²) in [6, 6.07) is 6.89. The van der Waals surface area contributed by atoms with E-state index in [2.05, 4.69) is 0 Å². The Bertz CT molecular complexity index is 365. The predicted octanol–water partition coefficient (Wildman–Crippen LogP) is 0.590. The zero-order valence-electron chi connectivity index (χ0n) is 9.84. The minimum atomic E-state index is -0.904. The minimum Gasteiger partial charge on any atom is -0.481 e. The smallest absolute Gasteiger partial charge is 0.305 e. The van der Waals surface area contributed by atoms with Crippen LogP contribution in [-0.2, 0) is 4.79 Å². The molecule has 0 radical (unpaired) electrons. The van der Waals surface area contributed by atoms with Crippen molar-refractivity contribution >= 4 is 11.7 Å². The molecular weight excluding hydrogens is 220 g/mol. The number of aliphatic hydroxyl groups excluding tert-OH is 1. The van der Waals surface area contributed by atoms with Crippen LogP contribution < -0.4 is 10.6 Å². The van der Waals surface area contributed by atoms with E-state index in [0.717, 1.165) is 11.3 Å². The van der Waals surface area contributed by atoms with E-state index in [1.807, 2.05) is 36.2 Å². The van der Waals surface area contributed by atoms with E-state index in [4.69, 9.17) is 15.9 Å². The Kier molecular flexibility index (Phi) is 4.93. The van der Waals surface area contributed by atoms with Gasteiger partial charge in [-0.1, -0.05) is 12.1 Å². The summed E-state index contributed by atoms with van der Waals surface area (Å²) in [4.78, 5) is 12.4. The number of nitrogens with two attached hydrogens (primary N) is 1. The second-order valence-electron chi connectivity index (χ2n) is 3.94.